The number of pyridine rings is 1. The van der Waals surface area contributed by atoms with Crippen molar-refractivity contribution < 1.29 is 17.6 Å². The minimum atomic E-state index is -3.27. The predicted octanol–water partition coefficient (Wildman–Crippen LogP) is 1.57. The first-order valence-electron chi connectivity index (χ1n) is 9.42. The maximum absolute atomic E-state index is 13.7. The molecule has 1 atom stereocenters. The Morgan fingerprint density at radius 1 is 1.31 bits per heavy atom. The van der Waals surface area contributed by atoms with E-state index in [0.29, 0.717) is 16.6 Å². The standard InChI is InChI=1S/C20H20FN7O3S/c1-11(27-19-15(9-22)18(23)25-10-26-19)17-14(20(29)24-5-6-32(2,30)31)8-12-7-13(21)3-4-16(12)28-17/h3-4,7-8,10-11H,5-6H2,1-2H3,(H,24,29)(H3,23,25,26,27)/t11-/m0/s1. The van der Waals surface area contributed by atoms with E-state index >= 15 is 0 Å². The van der Waals surface area contributed by atoms with Gasteiger partial charge in [0.2, 0.25) is 0 Å². The topological polar surface area (TPSA) is 164 Å². The third-order valence-electron chi connectivity index (χ3n) is 4.56. The SMILES string of the molecule is C[C@H](Nc1ncnc(N)c1C#N)c1nc2ccc(F)cc2cc1C(=O)NCCS(C)(=O)=O. The molecule has 0 aliphatic carbocycles. The number of sulfone groups is 1. The van der Waals surface area contributed by atoms with Crippen LogP contribution < -0.4 is 16.4 Å². The van der Waals surface area contributed by atoms with Crippen molar-refractivity contribution in [2.75, 3.05) is 29.6 Å². The van der Waals surface area contributed by atoms with Crippen molar-refractivity contribution in [2.45, 2.75) is 13.0 Å². The number of nitrogens with one attached hydrogen (secondary N) is 2. The van der Waals surface area contributed by atoms with Gasteiger partial charge in [-0.15, -0.1) is 0 Å². The van der Waals surface area contributed by atoms with Crippen LogP contribution in [0.5, 0.6) is 0 Å². The summed E-state index contributed by atoms with van der Waals surface area (Å²) in [7, 11) is -3.27. The maximum Gasteiger partial charge on any atom is 0.253 e. The minimum absolute atomic E-state index is 0.00196. The number of benzene rings is 1. The molecule has 10 nitrogen and oxygen atoms in total. The number of halogens is 1. The Kier molecular flexibility index (Phi) is 6.50. The molecule has 12 heteroatoms. The monoisotopic (exact) mass is 457 g/mol. The van der Waals surface area contributed by atoms with Gasteiger partial charge in [0.25, 0.3) is 5.91 Å². The van der Waals surface area contributed by atoms with Gasteiger partial charge in [0.05, 0.1) is 28.6 Å². The molecule has 0 saturated heterocycles. The fourth-order valence-corrected chi connectivity index (χ4v) is 3.48. The van der Waals surface area contributed by atoms with Crippen LogP contribution in [0.2, 0.25) is 0 Å². The van der Waals surface area contributed by atoms with E-state index in [1.165, 1.54) is 30.6 Å². The summed E-state index contributed by atoms with van der Waals surface area (Å²) in [6.45, 7) is 1.60. The maximum atomic E-state index is 13.7. The largest absolute Gasteiger partial charge is 0.382 e. The first kappa shape index (κ1) is 22.8. The van der Waals surface area contributed by atoms with Crippen molar-refractivity contribution in [2.24, 2.45) is 0 Å². The fraction of sp³-hybridized carbons (Fsp3) is 0.250. The summed E-state index contributed by atoms with van der Waals surface area (Å²) in [5, 5.41) is 15.3. The zero-order valence-electron chi connectivity index (χ0n) is 17.3. The Hall–Kier alpha value is -3.85. The molecule has 1 aromatic carbocycles. The van der Waals surface area contributed by atoms with Crippen LogP contribution in [0.4, 0.5) is 16.0 Å². The van der Waals surface area contributed by atoms with Gasteiger partial charge in [-0.05, 0) is 31.2 Å². The molecule has 0 bridgehead atoms. The molecule has 1 amide bonds. The summed E-state index contributed by atoms with van der Waals surface area (Å²) < 4.78 is 36.4. The number of nitrogen functional groups attached to an aromatic ring is 1. The minimum Gasteiger partial charge on any atom is -0.382 e. The summed E-state index contributed by atoms with van der Waals surface area (Å²) >= 11 is 0. The van der Waals surface area contributed by atoms with E-state index in [1.54, 1.807) is 6.92 Å². The number of rotatable bonds is 7. The average Bonchev–Trinajstić information content (AvgIpc) is 2.72. The van der Waals surface area contributed by atoms with Gasteiger partial charge in [-0.25, -0.2) is 27.8 Å². The summed E-state index contributed by atoms with van der Waals surface area (Å²) in [6.07, 6.45) is 2.26. The Balaban J connectivity index is 2.01. The van der Waals surface area contributed by atoms with Gasteiger partial charge in [0.15, 0.2) is 0 Å². The molecule has 0 aliphatic rings. The lowest BCUT2D eigenvalue weighted by Crippen LogP contribution is -2.30. The molecule has 0 aliphatic heterocycles. The second kappa shape index (κ2) is 9.11. The number of carbonyl (C=O) groups is 1. The molecule has 3 rings (SSSR count). The van der Waals surface area contributed by atoms with Crippen molar-refractivity contribution in [3.63, 3.8) is 0 Å². The normalized spacial score (nSPS) is 12.2. The molecule has 0 spiro atoms. The zero-order chi connectivity index (χ0) is 23.5. The average molecular weight is 457 g/mol. The molecule has 2 heterocycles. The molecule has 0 radical (unpaired) electrons. The van der Waals surface area contributed by atoms with Gasteiger partial charge in [-0.1, -0.05) is 0 Å². The van der Waals surface area contributed by atoms with E-state index in [9.17, 15) is 22.9 Å². The fourth-order valence-electron chi connectivity index (χ4n) is 3.01. The summed E-state index contributed by atoms with van der Waals surface area (Å²) in [6, 6.07) is 6.76. The molecule has 0 saturated carbocycles. The van der Waals surface area contributed by atoms with E-state index < -0.39 is 27.6 Å². The molecule has 166 valence electrons. The predicted molar refractivity (Wildman–Crippen MR) is 117 cm³/mol. The van der Waals surface area contributed by atoms with E-state index in [4.69, 9.17) is 5.73 Å². The van der Waals surface area contributed by atoms with Crippen LogP contribution in [0, 0.1) is 17.1 Å². The van der Waals surface area contributed by atoms with Crippen LogP contribution in [0.25, 0.3) is 10.9 Å². The van der Waals surface area contributed by atoms with E-state index in [2.05, 4.69) is 25.6 Å². The van der Waals surface area contributed by atoms with Gasteiger partial charge >= 0.3 is 0 Å². The van der Waals surface area contributed by atoms with Crippen molar-refractivity contribution in [3.05, 3.63) is 53.2 Å². The third kappa shape index (κ3) is 5.25. The number of carbonyl (C=O) groups excluding carboxylic acids is 1. The lowest BCUT2D eigenvalue weighted by Gasteiger charge is -2.19. The quantitative estimate of drug-likeness (QED) is 0.477. The van der Waals surface area contributed by atoms with Crippen LogP contribution in [0.1, 0.15) is 34.6 Å². The Labute approximate surface area is 183 Å². The van der Waals surface area contributed by atoms with Crippen LogP contribution >= 0.6 is 0 Å². The second-order valence-electron chi connectivity index (χ2n) is 7.10. The number of amides is 1. The van der Waals surface area contributed by atoms with Gasteiger partial charge in [-0.3, -0.25) is 4.79 Å². The Morgan fingerprint density at radius 3 is 2.75 bits per heavy atom. The summed E-state index contributed by atoms with van der Waals surface area (Å²) in [5.74, 6) is -1.13. The number of anilines is 2. The van der Waals surface area contributed by atoms with Crippen molar-refractivity contribution in [3.8, 4) is 6.07 Å². The highest BCUT2D eigenvalue weighted by Gasteiger charge is 2.21. The Morgan fingerprint density at radius 2 is 2.06 bits per heavy atom. The Bertz CT molecular complexity index is 1340. The number of fused-ring (bicyclic) bond motifs is 1. The van der Waals surface area contributed by atoms with Gasteiger partial charge < -0.3 is 16.4 Å². The van der Waals surface area contributed by atoms with Crippen molar-refractivity contribution in [1.82, 2.24) is 20.3 Å². The third-order valence-corrected chi connectivity index (χ3v) is 5.51. The highest BCUT2D eigenvalue weighted by molar-refractivity contribution is 7.90. The lowest BCUT2D eigenvalue weighted by atomic mass is 10.0. The lowest BCUT2D eigenvalue weighted by molar-refractivity contribution is 0.0954. The number of nitrogens with zero attached hydrogens (tertiary/aromatic N) is 4. The first-order chi connectivity index (χ1) is 15.1. The zero-order valence-corrected chi connectivity index (χ0v) is 18.1. The molecular weight excluding hydrogens is 437 g/mol. The molecule has 2 aromatic heterocycles. The molecule has 4 N–H and O–H groups in total. The molecule has 32 heavy (non-hydrogen) atoms. The molecule has 0 fully saturated rings. The number of hydrogen-bond acceptors (Lipinski definition) is 9. The van der Waals surface area contributed by atoms with E-state index in [-0.39, 0.29) is 35.1 Å². The molecule has 3 aromatic rings. The van der Waals surface area contributed by atoms with Crippen LogP contribution in [0.15, 0.2) is 30.6 Å². The van der Waals surface area contributed by atoms with Gasteiger partial charge in [0.1, 0.15) is 45.3 Å². The van der Waals surface area contributed by atoms with Crippen molar-refractivity contribution >= 4 is 38.3 Å². The van der Waals surface area contributed by atoms with Crippen LogP contribution in [0.3, 0.4) is 0 Å². The summed E-state index contributed by atoms with van der Waals surface area (Å²) in [5.41, 5.74) is 6.63. The van der Waals surface area contributed by atoms with E-state index in [1.807, 2.05) is 6.07 Å². The van der Waals surface area contributed by atoms with Gasteiger partial charge in [-0.2, -0.15) is 5.26 Å². The summed E-state index contributed by atoms with van der Waals surface area (Å²) in [4.78, 5) is 25.2. The highest BCUT2D eigenvalue weighted by atomic mass is 32.2. The van der Waals surface area contributed by atoms with Crippen LogP contribution in [-0.4, -0.2) is 47.8 Å². The van der Waals surface area contributed by atoms with Gasteiger partial charge in [0, 0.05) is 18.2 Å². The number of aromatic nitrogens is 3. The van der Waals surface area contributed by atoms with Crippen LogP contribution in [-0.2, 0) is 9.84 Å². The molecule has 0 unspecified atom stereocenters. The molecular formula is C20H20FN7O3S. The smallest absolute Gasteiger partial charge is 0.253 e. The van der Waals surface area contributed by atoms with Crippen molar-refractivity contribution in [1.29, 1.82) is 5.26 Å². The number of nitriles is 1. The second-order valence-corrected chi connectivity index (χ2v) is 9.36. The van der Waals surface area contributed by atoms with E-state index in [0.717, 1.165) is 6.26 Å². The highest BCUT2D eigenvalue weighted by Crippen LogP contribution is 2.26. The number of hydrogen-bond donors (Lipinski definition) is 3. The first-order valence-corrected chi connectivity index (χ1v) is 11.5. The number of nitrogens with two attached hydrogens (primary N) is 1.